The Morgan fingerprint density at radius 2 is 2.19 bits per heavy atom. The van der Waals surface area contributed by atoms with E-state index in [1.165, 1.54) is 0 Å². The Morgan fingerprint density at radius 3 is 2.71 bits per heavy atom. The van der Waals surface area contributed by atoms with Crippen LogP contribution >= 0.6 is 0 Å². The van der Waals surface area contributed by atoms with Gasteiger partial charge in [-0.1, -0.05) is 13.8 Å². The van der Waals surface area contributed by atoms with Crippen molar-refractivity contribution in [2.24, 2.45) is 18.4 Å². The third-order valence-electron chi connectivity index (χ3n) is 4.30. The molecule has 0 spiro atoms. The van der Waals surface area contributed by atoms with E-state index in [0.717, 1.165) is 0 Å². The molecule has 1 aliphatic rings. The molecule has 0 bridgehead atoms. The molecule has 1 atom stereocenters. The van der Waals surface area contributed by atoms with Crippen molar-refractivity contribution >= 4 is 11.9 Å². The van der Waals surface area contributed by atoms with Gasteiger partial charge in [-0.05, 0) is 19.3 Å². The number of imidazole rings is 1. The van der Waals surface area contributed by atoms with Gasteiger partial charge in [0.1, 0.15) is 5.69 Å². The summed E-state index contributed by atoms with van der Waals surface area (Å²) in [6, 6.07) is 0. The van der Waals surface area contributed by atoms with Crippen LogP contribution in [0.3, 0.4) is 0 Å². The van der Waals surface area contributed by atoms with E-state index in [0.29, 0.717) is 31.8 Å². The van der Waals surface area contributed by atoms with Gasteiger partial charge in [0.15, 0.2) is 0 Å². The molecule has 1 aromatic rings. The molecule has 116 valence electrons. The summed E-state index contributed by atoms with van der Waals surface area (Å²) in [5.41, 5.74) is -0.179. The number of carbonyl (C=O) groups excluding carboxylic acids is 2. The number of ether oxygens (including phenoxy) is 1. The van der Waals surface area contributed by atoms with Crippen molar-refractivity contribution in [2.45, 2.75) is 27.2 Å². The second-order valence-corrected chi connectivity index (χ2v) is 5.93. The fraction of sp³-hybridized carbons (Fsp3) is 0.667. The zero-order chi connectivity index (χ0) is 15.6. The normalized spacial score (nSPS) is 21.9. The first kappa shape index (κ1) is 15.5. The molecular weight excluding hydrogens is 270 g/mol. The van der Waals surface area contributed by atoms with Crippen LogP contribution in [-0.4, -0.2) is 46.0 Å². The van der Waals surface area contributed by atoms with Gasteiger partial charge in [0.2, 0.25) is 0 Å². The van der Waals surface area contributed by atoms with E-state index in [1.54, 1.807) is 28.9 Å². The van der Waals surface area contributed by atoms with Crippen molar-refractivity contribution in [1.29, 1.82) is 0 Å². The number of aryl methyl sites for hydroxylation is 1. The van der Waals surface area contributed by atoms with Crippen LogP contribution in [0, 0.1) is 11.3 Å². The van der Waals surface area contributed by atoms with Gasteiger partial charge in [-0.15, -0.1) is 0 Å². The number of hydrogen-bond donors (Lipinski definition) is 0. The molecule has 0 unspecified atom stereocenters. The average Bonchev–Trinajstić information content (AvgIpc) is 3.05. The Labute approximate surface area is 125 Å². The van der Waals surface area contributed by atoms with Crippen molar-refractivity contribution in [3.05, 3.63) is 18.2 Å². The topological polar surface area (TPSA) is 64.4 Å². The highest BCUT2D eigenvalue weighted by Crippen LogP contribution is 2.39. The fourth-order valence-corrected chi connectivity index (χ4v) is 2.84. The van der Waals surface area contributed by atoms with Crippen LogP contribution in [0.2, 0.25) is 0 Å². The molecule has 0 radical (unpaired) electrons. The summed E-state index contributed by atoms with van der Waals surface area (Å²) >= 11 is 0. The highest BCUT2D eigenvalue weighted by Gasteiger charge is 2.49. The maximum atomic E-state index is 12.4. The second-order valence-electron chi connectivity index (χ2n) is 5.93. The molecule has 2 heterocycles. The molecule has 0 N–H and O–H groups in total. The standard InChI is InChI=1S/C15H23N3O3/c1-5-21-14(20)15(11(2)3)6-7-18(9-15)13(19)12-8-17(4)10-16-12/h8,10-11H,5-7,9H2,1-4H3/t15-/m0/s1. The number of hydrogen-bond acceptors (Lipinski definition) is 4. The number of rotatable bonds is 4. The van der Waals surface area contributed by atoms with E-state index >= 15 is 0 Å². The maximum Gasteiger partial charge on any atom is 0.314 e. The summed E-state index contributed by atoms with van der Waals surface area (Å²) in [6.45, 7) is 7.14. The minimum Gasteiger partial charge on any atom is -0.466 e. The van der Waals surface area contributed by atoms with Crippen LogP contribution in [-0.2, 0) is 16.6 Å². The molecule has 1 saturated heterocycles. The monoisotopic (exact) mass is 293 g/mol. The van der Waals surface area contributed by atoms with Gasteiger partial charge in [0.05, 0.1) is 18.3 Å². The summed E-state index contributed by atoms with van der Waals surface area (Å²) in [5.74, 6) is -0.197. The molecule has 0 aliphatic carbocycles. The fourth-order valence-electron chi connectivity index (χ4n) is 2.84. The summed E-state index contributed by atoms with van der Waals surface area (Å²) in [5, 5.41) is 0. The first-order valence-corrected chi connectivity index (χ1v) is 7.35. The Bertz CT molecular complexity index is 538. The van der Waals surface area contributed by atoms with Crippen molar-refractivity contribution < 1.29 is 14.3 Å². The number of esters is 1. The Balaban J connectivity index is 2.16. The average molecular weight is 293 g/mol. The summed E-state index contributed by atoms with van der Waals surface area (Å²) in [6.07, 6.45) is 3.94. The van der Waals surface area contributed by atoms with E-state index in [4.69, 9.17) is 4.74 Å². The lowest BCUT2D eigenvalue weighted by molar-refractivity contribution is -0.157. The van der Waals surface area contributed by atoms with Crippen LogP contribution in [0.25, 0.3) is 0 Å². The number of carbonyl (C=O) groups is 2. The lowest BCUT2D eigenvalue weighted by Gasteiger charge is -2.30. The maximum absolute atomic E-state index is 12.4. The minimum atomic E-state index is -0.597. The van der Waals surface area contributed by atoms with E-state index in [9.17, 15) is 9.59 Å². The molecule has 1 aromatic heterocycles. The third kappa shape index (κ3) is 2.80. The van der Waals surface area contributed by atoms with Gasteiger partial charge in [-0.25, -0.2) is 4.98 Å². The van der Waals surface area contributed by atoms with E-state index in [1.807, 2.05) is 20.9 Å². The molecule has 6 heteroatoms. The van der Waals surface area contributed by atoms with E-state index in [2.05, 4.69) is 4.98 Å². The highest BCUT2D eigenvalue weighted by atomic mass is 16.5. The molecule has 1 fully saturated rings. The summed E-state index contributed by atoms with van der Waals surface area (Å²) in [4.78, 5) is 30.6. The minimum absolute atomic E-state index is 0.123. The largest absolute Gasteiger partial charge is 0.466 e. The predicted octanol–water partition coefficient (Wildman–Crippen LogP) is 1.47. The van der Waals surface area contributed by atoms with Gasteiger partial charge in [0, 0.05) is 26.3 Å². The first-order valence-electron chi connectivity index (χ1n) is 7.35. The van der Waals surface area contributed by atoms with Gasteiger partial charge in [-0.3, -0.25) is 9.59 Å². The number of nitrogens with zero attached hydrogens (tertiary/aromatic N) is 3. The summed E-state index contributed by atoms with van der Waals surface area (Å²) < 4.78 is 6.97. The second kappa shape index (κ2) is 5.87. The lowest BCUT2D eigenvalue weighted by atomic mass is 9.76. The quantitative estimate of drug-likeness (QED) is 0.789. The van der Waals surface area contributed by atoms with E-state index < -0.39 is 5.41 Å². The predicted molar refractivity (Wildman–Crippen MR) is 77.6 cm³/mol. The molecule has 6 nitrogen and oxygen atoms in total. The van der Waals surface area contributed by atoms with Crippen molar-refractivity contribution in [3.8, 4) is 0 Å². The molecule has 1 amide bonds. The van der Waals surface area contributed by atoms with Gasteiger partial charge in [-0.2, -0.15) is 0 Å². The van der Waals surface area contributed by atoms with Crippen LogP contribution in [0.4, 0.5) is 0 Å². The number of amides is 1. The molecular formula is C15H23N3O3. The SMILES string of the molecule is CCOC(=O)[C@@]1(C(C)C)CCN(C(=O)c2cn(C)cn2)C1. The number of likely N-dealkylation sites (tertiary alicyclic amines) is 1. The molecule has 0 aromatic carbocycles. The van der Waals surface area contributed by atoms with Crippen LogP contribution in [0.1, 0.15) is 37.7 Å². The lowest BCUT2D eigenvalue weighted by Crippen LogP contribution is -2.42. The number of aromatic nitrogens is 2. The zero-order valence-corrected chi connectivity index (χ0v) is 13.1. The van der Waals surface area contributed by atoms with E-state index in [-0.39, 0.29) is 17.8 Å². The highest BCUT2D eigenvalue weighted by molar-refractivity contribution is 5.93. The van der Waals surface area contributed by atoms with Gasteiger partial charge in [0.25, 0.3) is 5.91 Å². The molecule has 0 saturated carbocycles. The van der Waals surface area contributed by atoms with Crippen molar-refractivity contribution in [1.82, 2.24) is 14.5 Å². The Kier molecular flexibility index (Phi) is 4.34. The van der Waals surface area contributed by atoms with Gasteiger partial charge >= 0.3 is 5.97 Å². The molecule has 21 heavy (non-hydrogen) atoms. The third-order valence-corrected chi connectivity index (χ3v) is 4.30. The van der Waals surface area contributed by atoms with Crippen LogP contribution in [0.15, 0.2) is 12.5 Å². The Morgan fingerprint density at radius 1 is 1.48 bits per heavy atom. The molecule has 1 aliphatic heterocycles. The van der Waals surface area contributed by atoms with Crippen molar-refractivity contribution in [2.75, 3.05) is 19.7 Å². The first-order chi connectivity index (χ1) is 9.90. The van der Waals surface area contributed by atoms with Crippen LogP contribution in [0.5, 0.6) is 0 Å². The van der Waals surface area contributed by atoms with Gasteiger partial charge < -0.3 is 14.2 Å². The molecule has 2 rings (SSSR count). The zero-order valence-electron chi connectivity index (χ0n) is 13.1. The summed E-state index contributed by atoms with van der Waals surface area (Å²) in [7, 11) is 1.82. The van der Waals surface area contributed by atoms with Crippen LogP contribution < -0.4 is 0 Å². The Hall–Kier alpha value is -1.85. The van der Waals surface area contributed by atoms with Crippen molar-refractivity contribution in [3.63, 3.8) is 0 Å². The smallest absolute Gasteiger partial charge is 0.314 e.